The Morgan fingerprint density at radius 2 is 1.72 bits per heavy atom. The Morgan fingerprint density at radius 1 is 0.960 bits per heavy atom. The van der Waals surface area contributed by atoms with Gasteiger partial charge in [0.05, 0.1) is 11.2 Å². The first kappa shape index (κ1) is 17.0. The summed E-state index contributed by atoms with van der Waals surface area (Å²) in [7, 11) is 0. The lowest BCUT2D eigenvalue weighted by atomic mass is 10.1. The molecule has 0 fully saturated rings. The van der Waals surface area contributed by atoms with E-state index in [1.54, 1.807) is 6.07 Å². The molecule has 1 aromatic heterocycles. The summed E-state index contributed by atoms with van der Waals surface area (Å²) in [5, 5.41) is 7.14. The van der Waals surface area contributed by atoms with Gasteiger partial charge in [-0.25, -0.2) is 0 Å². The molecule has 3 aromatic rings. The third-order valence-electron chi connectivity index (χ3n) is 4.07. The third-order valence-corrected chi connectivity index (χ3v) is 4.28. The number of pyridine rings is 1. The standard InChI is InChI=1S/C20H19N3OS/c1-12-6-4-5-7-15(12)19(24)23-20(25)22-18-13(2)8-11-17-16(18)10-9-14(3)21-17/h4-11H,1-3H3,(H2,22,23,24,25). The molecule has 0 aliphatic carbocycles. The van der Waals surface area contributed by atoms with Gasteiger partial charge in [0.2, 0.25) is 0 Å². The number of fused-ring (bicyclic) bond motifs is 1. The zero-order valence-electron chi connectivity index (χ0n) is 14.4. The molecule has 25 heavy (non-hydrogen) atoms. The second kappa shape index (κ2) is 6.99. The van der Waals surface area contributed by atoms with Crippen molar-refractivity contribution >= 4 is 39.8 Å². The fraction of sp³-hybridized carbons (Fsp3) is 0.150. The highest BCUT2D eigenvalue weighted by atomic mass is 32.1. The first-order chi connectivity index (χ1) is 12.0. The van der Waals surface area contributed by atoms with Gasteiger partial charge in [-0.15, -0.1) is 0 Å². The second-order valence-corrected chi connectivity index (χ2v) is 6.41. The smallest absolute Gasteiger partial charge is 0.257 e. The fourth-order valence-corrected chi connectivity index (χ4v) is 2.92. The van der Waals surface area contributed by atoms with E-state index in [-0.39, 0.29) is 11.0 Å². The summed E-state index contributed by atoms with van der Waals surface area (Å²) in [4.78, 5) is 16.9. The van der Waals surface area contributed by atoms with Gasteiger partial charge < -0.3 is 5.32 Å². The predicted molar refractivity (Wildman–Crippen MR) is 106 cm³/mol. The Bertz CT molecular complexity index is 982. The molecular weight excluding hydrogens is 330 g/mol. The van der Waals surface area contributed by atoms with Crippen molar-refractivity contribution < 1.29 is 4.79 Å². The average molecular weight is 349 g/mol. The van der Waals surface area contributed by atoms with Gasteiger partial charge in [0.25, 0.3) is 5.91 Å². The monoisotopic (exact) mass is 349 g/mol. The van der Waals surface area contributed by atoms with Gasteiger partial charge in [0.15, 0.2) is 5.11 Å². The first-order valence-corrected chi connectivity index (χ1v) is 8.41. The van der Waals surface area contributed by atoms with Crippen LogP contribution in [-0.2, 0) is 0 Å². The van der Waals surface area contributed by atoms with Gasteiger partial charge in [0, 0.05) is 16.6 Å². The molecule has 0 saturated carbocycles. The van der Waals surface area contributed by atoms with Crippen LogP contribution in [0.2, 0.25) is 0 Å². The van der Waals surface area contributed by atoms with Gasteiger partial charge in [-0.1, -0.05) is 24.3 Å². The number of aryl methyl sites for hydroxylation is 3. The van der Waals surface area contributed by atoms with Crippen LogP contribution in [-0.4, -0.2) is 16.0 Å². The summed E-state index contributed by atoms with van der Waals surface area (Å²) in [6.45, 7) is 5.85. The number of aromatic nitrogens is 1. The lowest BCUT2D eigenvalue weighted by molar-refractivity contribution is 0.0977. The lowest BCUT2D eigenvalue weighted by Crippen LogP contribution is -2.34. The van der Waals surface area contributed by atoms with Gasteiger partial charge in [-0.3, -0.25) is 15.1 Å². The topological polar surface area (TPSA) is 54.0 Å². The van der Waals surface area contributed by atoms with Crippen LogP contribution in [0.25, 0.3) is 10.9 Å². The van der Waals surface area contributed by atoms with Crippen molar-refractivity contribution in [2.45, 2.75) is 20.8 Å². The van der Waals surface area contributed by atoms with Gasteiger partial charge in [-0.2, -0.15) is 0 Å². The van der Waals surface area contributed by atoms with E-state index >= 15 is 0 Å². The van der Waals surface area contributed by atoms with E-state index in [9.17, 15) is 4.79 Å². The van der Waals surface area contributed by atoms with Crippen molar-refractivity contribution in [1.29, 1.82) is 0 Å². The van der Waals surface area contributed by atoms with E-state index in [1.807, 2.05) is 63.2 Å². The van der Waals surface area contributed by atoms with Crippen LogP contribution in [0.4, 0.5) is 5.69 Å². The number of carbonyl (C=O) groups excluding carboxylic acids is 1. The molecule has 0 radical (unpaired) electrons. The van der Waals surface area contributed by atoms with E-state index in [0.717, 1.165) is 33.4 Å². The molecule has 0 bridgehead atoms. The average Bonchev–Trinajstić information content (AvgIpc) is 2.57. The van der Waals surface area contributed by atoms with Crippen molar-refractivity contribution in [2.75, 3.05) is 5.32 Å². The molecule has 5 heteroatoms. The Morgan fingerprint density at radius 3 is 2.48 bits per heavy atom. The SMILES string of the molecule is Cc1ccc2c(NC(=S)NC(=O)c3ccccc3C)c(C)ccc2n1. The summed E-state index contributed by atoms with van der Waals surface area (Å²) in [6, 6.07) is 15.4. The molecule has 0 spiro atoms. The highest BCUT2D eigenvalue weighted by Crippen LogP contribution is 2.26. The number of nitrogens with zero attached hydrogens (tertiary/aromatic N) is 1. The number of hydrogen-bond acceptors (Lipinski definition) is 3. The summed E-state index contributed by atoms with van der Waals surface area (Å²) in [5.74, 6) is -0.220. The Balaban J connectivity index is 1.84. The number of rotatable bonds is 2. The van der Waals surface area contributed by atoms with Crippen LogP contribution in [0.15, 0.2) is 48.5 Å². The van der Waals surface area contributed by atoms with Crippen molar-refractivity contribution in [3.63, 3.8) is 0 Å². The zero-order chi connectivity index (χ0) is 18.0. The molecule has 0 saturated heterocycles. The fourth-order valence-electron chi connectivity index (χ4n) is 2.72. The Hall–Kier alpha value is -2.79. The van der Waals surface area contributed by atoms with Crippen molar-refractivity contribution in [3.8, 4) is 0 Å². The third kappa shape index (κ3) is 3.67. The molecule has 1 heterocycles. The van der Waals surface area contributed by atoms with Crippen molar-refractivity contribution in [3.05, 3.63) is 70.9 Å². The van der Waals surface area contributed by atoms with Gasteiger partial charge >= 0.3 is 0 Å². The molecule has 0 aliphatic rings. The maximum Gasteiger partial charge on any atom is 0.257 e. The van der Waals surface area contributed by atoms with E-state index < -0.39 is 0 Å². The molecular formula is C20H19N3OS. The number of hydrogen-bond donors (Lipinski definition) is 2. The number of thiocarbonyl (C=S) groups is 1. The van der Waals surface area contributed by atoms with Crippen LogP contribution in [0.3, 0.4) is 0 Å². The molecule has 2 aromatic carbocycles. The number of carbonyl (C=O) groups is 1. The minimum atomic E-state index is -0.220. The maximum absolute atomic E-state index is 12.4. The molecule has 0 aliphatic heterocycles. The van der Waals surface area contributed by atoms with Crippen LogP contribution < -0.4 is 10.6 Å². The highest BCUT2D eigenvalue weighted by molar-refractivity contribution is 7.80. The quantitative estimate of drug-likeness (QED) is 0.678. The summed E-state index contributed by atoms with van der Waals surface area (Å²) in [6.07, 6.45) is 0. The molecule has 3 rings (SSSR count). The summed E-state index contributed by atoms with van der Waals surface area (Å²) in [5.41, 5.74) is 5.26. The first-order valence-electron chi connectivity index (χ1n) is 8.00. The normalized spacial score (nSPS) is 10.5. The van der Waals surface area contributed by atoms with Crippen LogP contribution >= 0.6 is 12.2 Å². The molecule has 1 amide bonds. The largest absolute Gasteiger partial charge is 0.332 e. The van der Waals surface area contributed by atoms with E-state index in [1.165, 1.54) is 0 Å². The molecule has 126 valence electrons. The summed E-state index contributed by atoms with van der Waals surface area (Å²) < 4.78 is 0. The van der Waals surface area contributed by atoms with E-state index in [2.05, 4.69) is 15.6 Å². The lowest BCUT2D eigenvalue weighted by Gasteiger charge is -2.15. The van der Waals surface area contributed by atoms with Crippen LogP contribution in [0, 0.1) is 20.8 Å². The van der Waals surface area contributed by atoms with E-state index in [4.69, 9.17) is 12.2 Å². The van der Waals surface area contributed by atoms with Crippen molar-refractivity contribution in [2.24, 2.45) is 0 Å². The van der Waals surface area contributed by atoms with E-state index in [0.29, 0.717) is 5.56 Å². The Labute approximate surface area is 152 Å². The molecule has 2 N–H and O–H groups in total. The number of benzene rings is 2. The minimum Gasteiger partial charge on any atom is -0.332 e. The van der Waals surface area contributed by atoms with Gasteiger partial charge in [0.1, 0.15) is 0 Å². The minimum absolute atomic E-state index is 0.220. The maximum atomic E-state index is 12.4. The van der Waals surface area contributed by atoms with Crippen LogP contribution in [0.1, 0.15) is 27.2 Å². The molecule has 4 nitrogen and oxygen atoms in total. The van der Waals surface area contributed by atoms with Gasteiger partial charge in [-0.05, 0) is 68.4 Å². The highest BCUT2D eigenvalue weighted by Gasteiger charge is 2.12. The number of nitrogens with one attached hydrogen (secondary N) is 2. The second-order valence-electron chi connectivity index (χ2n) is 6.00. The zero-order valence-corrected chi connectivity index (χ0v) is 15.2. The Kier molecular flexibility index (Phi) is 4.76. The van der Waals surface area contributed by atoms with Crippen LogP contribution in [0.5, 0.6) is 0 Å². The number of anilines is 1. The predicted octanol–water partition coefficient (Wildman–Crippen LogP) is 4.29. The molecule has 0 atom stereocenters. The number of amides is 1. The van der Waals surface area contributed by atoms with Crippen molar-refractivity contribution in [1.82, 2.24) is 10.3 Å². The molecule has 0 unspecified atom stereocenters. The summed E-state index contributed by atoms with van der Waals surface area (Å²) >= 11 is 5.34.